The molecule has 2 aromatic rings. The van der Waals surface area contributed by atoms with Gasteiger partial charge in [0, 0.05) is 18.3 Å². The average Bonchev–Trinajstić information content (AvgIpc) is 2.61. The van der Waals surface area contributed by atoms with E-state index in [2.05, 4.69) is 4.98 Å². The van der Waals surface area contributed by atoms with E-state index >= 15 is 0 Å². The summed E-state index contributed by atoms with van der Waals surface area (Å²) in [5.74, 6) is 0.188. The van der Waals surface area contributed by atoms with Crippen molar-refractivity contribution in [2.75, 3.05) is 6.54 Å². The van der Waals surface area contributed by atoms with Gasteiger partial charge >= 0.3 is 0 Å². The predicted octanol–water partition coefficient (Wildman–Crippen LogP) is 1.60. The maximum absolute atomic E-state index is 12.6. The van der Waals surface area contributed by atoms with Crippen LogP contribution in [0.4, 0.5) is 0 Å². The fraction of sp³-hybridized carbons (Fsp3) is 0.278. The molecule has 1 aromatic carbocycles. The van der Waals surface area contributed by atoms with E-state index < -0.39 is 6.10 Å². The van der Waals surface area contributed by atoms with Crippen LogP contribution in [-0.4, -0.2) is 28.4 Å². The van der Waals surface area contributed by atoms with Crippen molar-refractivity contribution in [1.29, 1.82) is 5.26 Å². The third-order valence-corrected chi connectivity index (χ3v) is 4.13. The molecular weight excluding hydrogens is 306 g/mol. The number of aromatic amines is 1. The number of nitrogens with zero attached hydrogens (tertiary/aromatic N) is 2. The van der Waals surface area contributed by atoms with Gasteiger partial charge in [-0.25, -0.2) is 0 Å². The SMILES string of the molecule is CC(Oc1ccccc1C#N)C(=O)N1CCc2cc[nH]c(=O)c2C1. The summed E-state index contributed by atoms with van der Waals surface area (Å²) in [5.41, 5.74) is 1.83. The van der Waals surface area contributed by atoms with E-state index in [1.165, 1.54) is 0 Å². The molecule has 1 aromatic heterocycles. The van der Waals surface area contributed by atoms with Crippen LogP contribution < -0.4 is 10.3 Å². The van der Waals surface area contributed by atoms with Crippen LogP contribution in [0.5, 0.6) is 5.75 Å². The number of ether oxygens (including phenoxy) is 1. The quantitative estimate of drug-likeness (QED) is 0.929. The van der Waals surface area contributed by atoms with E-state index in [1.54, 1.807) is 42.3 Å². The minimum Gasteiger partial charge on any atom is -0.480 e. The Morgan fingerprint density at radius 1 is 1.38 bits per heavy atom. The average molecular weight is 323 g/mol. The topological polar surface area (TPSA) is 86.2 Å². The molecule has 1 unspecified atom stereocenters. The summed E-state index contributed by atoms with van der Waals surface area (Å²) in [7, 11) is 0. The van der Waals surface area contributed by atoms with E-state index in [1.807, 2.05) is 12.1 Å². The zero-order valence-electron chi connectivity index (χ0n) is 13.3. The lowest BCUT2D eigenvalue weighted by atomic mass is 10.0. The van der Waals surface area contributed by atoms with Crippen molar-refractivity contribution in [2.45, 2.75) is 26.0 Å². The summed E-state index contributed by atoms with van der Waals surface area (Å²) in [4.78, 5) is 28.8. The maximum atomic E-state index is 12.6. The van der Waals surface area contributed by atoms with Crippen molar-refractivity contribution in [2.24, 2.45) is 0 Å². The molecule has 1 atom stereocenters. The molecule has 1 amide bonds. The Kier molecular flexibility index (Phi) is 4.34. The molecule has 0 spiro atoms. The fourth-order valence-electron chi connectivity index (χ4n) is 2.83. The Morgan fingerprint density at radius 3 is 2.96 bits per heavy atom. The lowest BCUT2D eigenvalue weighted by Crippen LogP contribution is -2.44. The number of rotatable bonds is 3. The van der Waals surface area contributed by atoms with Gasteiger partial charge in [0.15, 0.2) is 6.10 Å². The number of fused-ring (bicyclic) bond motifs is 1. The minimum absolute atomic E-state index is 0.159. The smallest absolute Gasteiger partial charge is 0.263 e. The Hall–Kier alpha value is -3.07. The molecule has 1 N–H and O–H groups in total. The number of nitriles is 1. The third-order valence-electron chi connectivity index (χ3n) is 4.13. The van der Waals surface area contributed by atoms with Gasteiger partial charge in [0.25, 0.3) is 11.5 Å². The van der Waals surface area contributed by atoms with Gasteiger partial charge in [-0.15, -0.1) is 0 Å². The lowest BCUT2D eigenvalue weighted by molar-refractivity contribution is -0.138. The van der Waals surface area contributed by atoms with Crippen LogP contribution in [0.1, 0.15) is 23.6 Å². The highest BCUT2D eigenvalue weighted by Crippen LogP contribution is 2.20. The molecule has 0 saturated carbocycles. The van der Waals surface area contributed by atoms with Crippen molar-refractivity contribution in [3.63, 3.8) is 0 Å². The van der Waals surface area contributed by atoms with Crippen LogP contribution in [0.15, 0.2) is 41.3 Å². The number of carbonyl (C=O) groups excluding carboxylic acids is 1. The third kappa shape index (κ3) is 3.01. The van der Waals surface area contributed by atoms with Crippen molar-refractivity contribution in [3.8, 4) is 11.8 Å². The molecule has 6 heteroatoms. The van der Waals surface area contributed by atoms with Gasteiger partial charge in [0.2, 0.25) is 0 Å². The zero-order valence-corrected chi connectivity index (χ0v) is 13.3. The van der Waals surface area contributed by atoms with Gasteiger partial charge in [-0.2, -0.15) is 5.26 Å². The van der Waals surface area contributed by atoms with E-state index in [9.17, 15) is 9.59 Å². The summed E-state index contributed by atoms with van der Waals surface area (Å²) >= 11 is 0. The zero-order chi connectivity index (χ0) is 17.1. The number of para-hydroxylation sites is 1. The Labute approximate surface area is 139 Å². The van der Waals surface area contributed by atoms with Gasteiger partial charge in [-0.05, 0) is 37.1 Å². The molecule has 0 aliphatic carbocycles. The number of hydrogen-bond donors (Lipinski definition) is 1. The highest BCUT2D eigenvalue weighted by Gasteiger charge is 2.27. The fourth-order valence-corrected chi connectivity index (χ4v) is 2.83. The predicted molar refractivity (Wildman–Crippen MR) is 87.4 cm³/mol. The highest BCUT2D eigenvalue weighted by atomic mass is 16.5. The largest absolute Gasteiger partial charge is 0.480 e. The molecule has 0 bridgehead atoms. The Balaban J connectivity index is 1.74. The van der Waals surface area contributed by atoms with Crippen LogP contribution in [0.3, 0.4) is 0 Å². The number of aromatic nitrogens is 1. The first-order valence-electron chi connectivity index (χ1n) is 7.74. The van der Waals surface area contributed by atoms with Gasteiger partial charge in [0.1, 0.15) is 11.8 Å². The molecule has 3 rings (SSSR count). The monoisotopic (exact) mass is 323 g/mol. The summed E-state index contributed by atoms with van der Waals surface area (Å²) in [5, 5.41) is 9.09. The number of benzene rings is 1. The standard InChI is InChI=1S/C18H17N3O3/c1-12(24-16-5-3-2-4-14(16)10-19)18(23)21-9-7-13-6-8-20-17(22)15(13)11-21/h2-6,8,12H,7,9,11H2,1H3,(H,20,22). The molecule has 0 saturated heterocycles. The number of carbonyl (C=O) groups is 1. The summed E-state index contributed by atoms with van der Waals surface area (Å²) < 4.78 is 5.67. The number of pyridine rings is 1. The second-order valence-corrected chi connectivity index (χ2v) is 5.69. The lowest BCUT2D eigenvalue weighted by Gasteiger charge is -2.30. The van der Waals surface area contributed by atoms with Gasteiger partial charge in [-0.1, -0.05) is 12.1 Å². The molecular formula is C18H17N3O3. The number of nitrogens with one attached hydrogen (secondary N) is 1. The van der Waals surface area contributed by atoms with Crippen LogP contribution in [0.2, 0.25) is 0 Å². The van der Waals surface area contributed by atoms with E-state index in [0.29, 0.717) is 29.8 Å². The van der Waals surface area contributed by atoms with Crippen molar-refractivity contribution in [3.05, 3.63) is 63.6 Å². The first-order valence-corrected chi connectivity index (χ1v) is 7.74. The second kappa shape index (κ2) is 6.59. The molecule has 1 aliphatic rings. The summed E-state index contributed by atoms with van der Waals surface area (Å²) in [6, 6.07) is 10.7. The van der Waals surface area contributed by atoms with E-state index in [0.717, 1.165) is 5.56 Å². The number of H-pyrrole nitrogens is 1. The molecule has 24 heavy (non-hydrogen) atoms. The molecule has 6 nitrogen and oxygen atoms in total. The minimum atomic E-state index is -0.733. The van der Waals surface area contributed by atoms with E-state index in [-0.39, 0.29) is 18.0 Å². The summed E-state index contributed by atoms with van der Waals surface area (Å²) in [6.45, 7) is 2.47. The van der Waals surface area contributed by atoms with Crippen LogP contribution in [0.25, 0.3) is 0 Å². The van der Waals surface area contributed by atoms with Crippen molar-refractivity contribution < 1.29 is 9.53 Å². The normalized spacial score (nSPS) is 14.4. The van der Waals surface area contributed by atoms with Crippen molar-refractivity contribution in [1.82, 2.24) is 9.88 Å². The van der Waals surface area contributed by atoms with Crippen molar-refractivity contribution >= 4 is 5.91 Å². The molecule has 122 valence electrons. The Morgan fingerprint density at radius 2 is 2.17 bits per heavy atom. The Bertz CT molecular complexity index is 866. The molecule has 0 fully saturated rings. The van der Waals surface area contributed by atoms with Crippen LogP contribution in [0, 0.1) is 11.3 Å². The van der Waals surface area contributed by atoms with Gasteiger partial charge < -0.3 is 14.6 Å². The van der Waals surface area contributed by atoms with Crippen LogP contribution in [-0.2, 0) is 17.8 Å². The molecule has 2 heterocycles. The highest BCUT2D eigenvalue weighted by molar-refractivity contribution is 5.81. The summed E-state index contributed by atoms with van der Waals surface area (Å²) in [6.07, 6.45) is 1.54. The first kappa shape index (κ1) is 15.8. The maximum Gasteiger partial charge on any atom is 0.263 e. The molecule has 0 radical (unpaired) electrons. The number of hydrogen-bond acceptors (Lipinski definition) is 4. The molecule has 1 aliphatic heterocycles. The second-order valence-electron chi connectivity index (χ2n) is 5.69. The van der Waals surface area contributed by atoms with Crippen LogP contribution >= 0.6 is 0 Å². The first-order chi connectivity index (χ1) is 11.6. The van der Waals surface area contributed by atoms with E-state index in [4.69, 9.17) is 10.00 Å². The van der Waals surface area contributed by atoms with Gasteiger partial charge in [-0.3, -0.25) is 9.59 Å². The number of amides is 1. The van der Waals surface area contributed by atoms with Gasteiger partial charge in [0.05, 0.1) is 12.1 Å².